The molecule has 78 valence electrons. The van der Waals surface area contributed by atoms with Crippen LogP contribution in [-0.2, 0) is 6.42 Å². The maximum Gasteiger partial charge on any atom is 0.128 e. The van der Waals surface area contributed by atoms with E-state index in [1.54, 1.807) is 0 Å². The molecule has 0 saturated carbocycles. The Balaban J connectivity index is 2.81. The Bertz CT molecular complexity index is 269. The lowest BCUT2D eigenvalue weighted by atomic mass is 10.2. The molecule has 0 aromatic carbocycles. The highest BCUT2D eigenvalue weighted by molar-refractivity contribution is 5.38. The molecule has 1 aromatic rings. The summed E-state index contributed by atoms with van der Waals surface area (Å²) in [6.45, 7) is 6.93. The van der Waals surface area contributed by atoms with Crippen molar-refractivity contribution in [2.45, 2.75) is 20.3 Å². The normalized spacial score (nSPS) is 10.2. The molecule has 0 fully saturated rings. The third-order valence-electron chi connectivity index (χ3n) is 2.28. The standard InChI is InChI=1S/C11H19N3/c1-3-14(4-2)11-7-5-6-10(13-11)8-9-12/h5-7H,3-4,8-9,12H2,1-2H3. The average Bonchev–Trinajstić information content (AvgIpc) is 2.21. The summed E-state index contributed by atoms with van der Waals surface area (Å²) < 4.78 is 0. The zero-order valence-corrected chi connectivity index (χ0v) is 9.03. The van der Waals surface area contributed by atoms with Gasteiger partial charge in [0.25, 0.3) is 0 Å². The monoisotopic (exact) mass is 193 g/mol. The van der Waals surface area contributed by atoms with E-state index in [1.165, 1.54) is 0 Å². The summed E-state index contributed by atoms with van der Waals surface area (Å²) in [5.74, 6) is 1.06. The highest BCUT2D eigenvalue weighted by Gasteiger charge is 2.03. The fourth-order valence-electron chi connectivity index (χ4n) is 1.48. The van der Waals surface area contributed by atoms with Gasteiger partial charge in [-0.25, -0.2) is 4.98 Å². The van der Waals surface area contributed by atoms with E-state index >= 15 is 0 Å². The molecule has 2 N–H and O–H groups in total. The molecule has 0 unspecified atom stereocenters. The highest BCUT2D eigenvalue weighted by Crippen LogP contribution is 2.10. The van der Waals surface area contributed by atoms with E-state index in [2.05, 4.69) is 23.7 Å². The van der Waals surface area contributed by atoms with Crippen molar-refractivity contribution < 1.29 is 0 Å². The van der Waals surface area contributed by atoms with Crippen LogP contribution >= 0.6 is 0 Å². The van der Waals surface area contributed by atoms with Crippen LogP contribution in [-0.4, -0.2) is 24.6 Å². The summed E-state index contributed by atoms with van der Waals surface area (Å²) in [7, 11) is 0. The van der Waals surface area contributed by atoms with Crippen LogP contribution in [0, 0.1) is 0 Å². The SMILES string of the molecule is CCN(CC)c1cccc(CCN)n1. The fourth-order valence-corrected chi connectivity index (χ4v) is 1.48. The molecule has 0 aliphatic carbocycles. The number of nitrogens with two attached hydrogens (primary N) is 1. The highest BCUT2D eigenvalue weighted by atomic mass is 15.2. The Hall–Kier alpha value is -1.09. The Labute approximate surface area is 85.9 Å². The lowest BCUT2D eigenvalue weighted by molar-refractivity contribution is 0.830. The Morgan fingerprint density at radius 1 is 1.29 bits per heavy atom. The Morgan fingerprint density at radius 3 is 2.57 bits per heavy atom. The minimum Gasteiger partial charge on any atom is -0.357 e. The fraction of sp³-hybridized carbons (Fsp3) is 0.545. The van der Waals surface area contributed by atoms with Crippen LogP contribution in [0.4, 0.5) is 5.82 Å². The molecular formula is C11H19N3. The van der Waals surface area contributed by atoms with E-state index in [0.29, 0.717) is 6.54 Å². The van der Waals surface area contributed by atoms with Gasteiger partial charge in [-0.3, -0.25) is 0 Å². The predicted octanol–water partition coefficient (Wildman–Crippen LogP) is 1.43. The first-order chi connectivity index (χ1) is 6.81. The summed E-state index contributed by atoms with van der Waals surface area (Å²) >= 11 is 0. The minimum atomic E-state index is 0.661. The van der Waals surface area contributed by atoms with Crippen LogP contribution in [0.5, 0.6) is 0 Å². The van der Waals surface area contributed by atoms with Gasteiger partial charge >= 0.3 is 0 Å². The Morgan fingerprint density at radius 2 is 2.00 bits per heavy atom. The van der Waals surface area contributed by atoms with Crippen molar-refractivity contribution >= 4 is 5.82 Å². The molecule has 0 aliphatic heterocycles. The molecule has 14 heavy (non-hydrogen) atoms. The van der Waals surface area contributed by atoms with Gasteiger partial charge in [0, 0.05) is 25.2 Å². The van der Waals surface area contributed by atoms with Gasteiger partial charge < -0.3 is 10.6 Å². The van der Waals surface area contributed by atoms with Crippen molar-refractivity contribution in [1.29, 1.82) is 0 Å². The molecule has 0 atom stereocenters. The topological polar surface area (TPSA) is 42.1 Å². The van der Waals surface area contributed by atoms with Gasteiger partial charge in [-0.1, -0.05) is 6.07 Å². The summed E-state index contributed by atoms with van der Waals surface area (Å²) in [5, 5.41) is 0. The lowest BCUT2D eigenvalue weighted by Crippen LogP contribution is -2.23. The van der Waals surface area contributed by atoms with Crippen LogP contribution < -0.4 is 10.6 Å². The zero-order chi connectivity index (χ0) is 10.4. The molecule has 1 aromatic heterocycles. The molecule has 0 spiro atoms. The molecule has 3 heteroatoms. The third-order valence-corrected chi connectivity index (χ3v) is 2.28. The van der Waals surface area contributed by atoms with Crippen LogP contribution in [0.1, 0.15) is 19.5 Å². The van der Waals surface area contributed by atoms with Crippen molar-refractivity contribution in [3.8, 4) is 0 Å². The van der Waals surface area contributed by atoms with Crippen molar-refractivity contribution in [3.05, 3.63) is 23.9 Å². The quantitative estimate of drug-likeness (QED) is 0.769. The Kier molecular flexibility index (Phi) is 4.40. The molecule has 0 radical (unpaired) electrons. The first kappa shape index (κ1) is 11.0. The first-order valence-corrected chi connectivity index (χ1v) is 5.22. The second kappa shape index (κ2) is 5.60. The number of aromatic nitrogens is 1. The van der Waals surface area contributed by atoms with E-state index in [9.17, 15) is 0 Å². The third kappa shape index (κ3) is 2.70. The van der Waals surface area contributed by atoms with Crippen LogP contribution in [0.3, 0.4) is 0 Å². The second-order valence-electron chi connectivity index (χ2n) is 3.20. The summed E-state index contributed by atoms with van der Waals surface area (Å²) in [4.78, 5) is 6.79. The molecular weight excluding hydrogens is 174 g/mol. The van der Waals surface area contributed by atoms with Gasteiger partial charge in [0.2, 0.25) is 0 Å². The number of hydrogen-bond donors (Lipinski definition) is 1. The summed E-state index contributed by atoms with van der Waals surface area (Å²) in [6.07, 6.45) is 0.856. The van der Waals surface area contributed by atoms with Gasteiger partial charge in [-0.05, 0) is 32.5 Å². The largest absolute Gasteiger partial charge is 0.357 e. The lowest BCUT2D eigenvalue weighted by Gasteiger charge is -2.20. The number of anilines is 1. The molecule has 0 amide bonds. The summed E-state index contributed by atoms with van der Waals surface area (Å²) in [5.41, 5.74) is 6.58. The minimum absolute atomic E-state index is 0.661. The van der Waals surface area contributed by atoms with E-state index < -0.39 is 0 Å². The number of pyridine rings is 1. The van der Waals surface area contributed by atoms with Gasteiger partial charge in [0.05, 0.1) is 0 Å². The second-order valence-corrected chi connectivity index (χ2v) is 3.20. The molecule has 0 bridgehead atoms. The van der Waals surface area contributed by atoms with Gasteiger partial charge in [0.15, 0.2) is 0 Å². The van der Waals surface area contributed by atoms with E-state index in [-0.39, 0.29) is 0 Å². The van der Waals surface area contributed by atoms with Crippen molar-refractivity contribution in [1.82, 2.24) is 4.98 Å². The van der Waals surface area contributed by atoms with E-state index in [4.69, 9.17) is 5.73 Å². The van der Waals surface area contributed by atoms with Gasteiger partial charge in [-0.2, -0.15) is 0 Å². The zero-order valence-electron chi connectivity index (χ0n) is 9.03. The first-order valence-electron chi connectivity index (χ1n) is 5.22. The van der Waals surface area contributed by atoms with Crippen LogP contribution in [0.25, 0.3) is 0 Å². The van der Waals surface area contributed by atoms with E-state index in [0.717, 1.165) is 31.0 Å². The average molecular weight is 193 g/mol. The van der Waals surface area contributed by atoms with Gasteiger partial charge in [-0.15, -0.1) is 0 Å². The summed E-state index contributed by atoms with van der Waals surface area (Å²) in [6, 6.07) is 6.12. The number of hydrogen-bond acceptors (Lipinski definition) is 3. The maximum absolute atomic E-state index is 5.50. The number of nitrogens with zero attached hydrogens (tertiary/aromatic N) is 2. The molecule has 0 saturated heterocycles. The van der Waals surface area contributed by atoms with Crippen LogP contribution in [0.15, 0.2) is 18.2 Å². The predicted molar refractivity (Wildman–Crippen MR) is 60.6 cm³/mol. The van der Waals surface area contributed by atoms with Crippen LogP contribution in [0.2, 0.25) is 0 Å². The smallest absolute Gasteiger partial charge is 0.128 e. The molecule has 1 rings (SSSR count). The van der Waals surface area contributed by atoms with Gasteiger partial charge in [0.1, 0.15) is 5.82 Å². The van der Waals surface area contributed by atoms with Crippen molar-refractivity contribution in [3.63, 3.8) is 0 Å². The number of rotatable bonds is 5. The van der Waals surface area contributed by atoms with Crippen molar-refractivity contribution in [2.75, 3.05) is 24.5 Å². The molecule has 3 nitrogen and oxygen atoms in total. The maximum atomic E-state index is 5.50. The molecule has 1 heterocycles. The molecule has 0 aliphatic rings. The van der Waals surface area contributed by atoms with Crippen molar-refractivity contribution in [2.24, 2.45) is 5.73 Å². The van der Waals surface area contributed by atoms with E-state index in [1.807, 2.05) is 18.2 Å².